The van der Waals surface area contributed by atoms with Crippen LogP contribution < -0.4 is 5.43 Å². The largest absolute Gasteiger partial charge is 0.506 e. The van der Waals surface area contributed by atoms with Crippen molar-refractivity contribution in [1.82, 2.24) is 15.2 Å². The normalized spacial score (nSPS) is 15.7. The van der Waals surface area contributed by atoms with E-state index >= 15 is 0 Å². The smallest absolute Gasteiger partial charge is 0.254 e. The Kier molecular flexibility index (Phi) is 8.08. The van der Waals surface area contributed by atoms with Gasteiger partial charge in [0.05, 0.1) is 17.2 Å². The fourth-order valence-corrected chi connectivity index (χ4v) is 4.52. The zero-order chi connectivity index (χ0) is 20.8. The molecule has 0 atom stereocenters. The van der Waals surface area contributed by atoms with Crippen molar-refractivity contribution < 1.29 is 9.90 Å². The summed E-state index contributed by atoms with van der Waals surface area (Å²) < 4.78 is 1.35. The Balaban J connectivity index is 1.44. The zero-order valence-electron chi connectivity index (χ0n) is 15.6. The van der Waals surface area contributed by atoms with Crippen molar-refractivity contribution in [3.05, 3.63) is 61.5 Å². The Bertz CT molecular complexity index is 902. The Morgan fingerprint density at radius 1 is 1.17 bits per heavy atom. The number of nitrogens with zero attached hydrogens (tertiary/aromatic N) is 3. The van der Waals surface area contributed by atoms with Crippen molar-refractivity contribution in [3.63, 3.8) is 0 Å². The number of nitrogens with one attached hydrogen (secondary N) is 1. The third-order valence-electron chi connectivity index (χ3n) is 4.63. The average Bonchev–Trinajstić information content (AvgIpc) is 2.69. The number of aromatic hydroxyl groups is 1. The topological polar surface area (TPSA) is 68.2 Å². The van der Waals surface area contributed by atoms with E-state index in [4.69, 9.17) is 11.6 Å². The predicted molar refractivity (Wildman–Crippen MR) is 122 cm³/mol. The molecule has 9 heteroatoms. The summed E-state index contributed by atoms with van der Waals surface area (Å²) in [5.41, 5.74) is 4.14. The molecule has 2 aromatic carbocycles. The molecule has 0 radical (unpaired) electrons. The second-order valence-electron chi connectivity index (χ2n) is 6.76. The lowest BCUT2D eigenvalue weighted by Crippen LogP contribution is -2.48. The van der Waals surface area contributed by atoms with Crippen LogP contribution in [0.25, 0.3) is 0 Å². The second-order valence-corrected chi connectivity index (χ2v) is 8.94. The second kappa shape index (κ2) is 10.5. The number of piperazine rings is 1. The summed E-state index contributed by atoms with van der Waals surface area (Å²) in [6.45, 7) is 4.46. The molecule has 1 heterocycles. The van der Waals surface area contributed by atoms with Crippen molar-refractivity contribution in [1.29, 1.82) is 0 Å². The Morgan fingerprint density at radius 3 is 2.59 bits per heavy atom. The Hall–Kier alpha value is -1.45. The molecule has 154 valence electrons. The van der Waals surface area contributed by atoms with Gasteiger partial charge in [-0.3, -0.25) is 14.6 Å². The maximum Gasteiger partial charge on any atom is 0.254 e. The monoisotopic (exact) mass is 542 g/mol. The molecule has 0 unspecified atom stereocenters. The number of halogens is 3. The SMILES string of the molecule is O=C(CN1CCN(Cc2ccccc2Cl)CC1)NN=Cc1cc(Br)cc(Br)c1O. The molecular weight excluding hydrogens is 524 g/mol. The van der Waals surface area contributed by atoms with Crippen LogP contribution in [0.5, 0.6) is 5.75 Å². The molecule has 29 heavy (non-hydrogen) atoms. The number of carbonyl (C=O) groups is 1. The molecule has 1 saturated heterocycles. The Morgan fingerprint density at radius 2 is 1.86 bits per heavy atom. The van der Waals surface area contributed by atoms with Gasteiger partial charge in [-0.1, -0.05) is 45.7 Å². The van der Waals surface area contributed by atoms with Crippen LogP contribution in [0.4, 0.5) is 0 Å². The van der Waals surface area contributed by atoms with Crippen LogP contribution in [-0.4, -0.2) is 59.8 Å². The maximum absolute atomic E-state index is 12.2. The first-order valence-electron chi connectivity index (χ1n) is 9.10. The molecule has 0 bridgehead atoms. The third-order valence-corrected chi connectivity index (χ3v) is 6.07. The van der Waals surface area contributed by atoms with Crippen LogP contribution in [-0.2, 0) is 11.3 Å². The molecule has 1 fully saturated rings. The quantitative estimate of drug-likeness (QED) is 0.429. The number of phenols is 1. The summed E-state index contributed by atoms with van der Waals surface area (Å²) in [5, 5.41) is 14.7. The molecule has 1 aliphatic heterocycles. The first-order valence-corrected chi connectivity index (χ1v) is 11.1. The molecule has 0 saturated carbocycles. The highest BCUT2D eigenvalue weighted by molar-refractivity contribution is 9.11. The number of hydrogen-bond donors (Lipinski definition) is 2. The maximum atomic E-state index is 12.2. The van der Waals surface area contributed by atoms with Gasteiger partial charge in [0.15, 0.2) is 0 Å². The summed E-state index contributed by atoms with van der Waals surface area (Å²) in [6.07, 6.45) is 1.42. The van der Waals surface area contributed by atoms with Crippen LogP contribution in [0.2, 0.25) is 5.02 Å². The lowest BCUT2D eigenvalue weighted by molar-refractivity contribution is -0.122. The molecular formula is C20H21Br2ClN4O2. The van der Waals surface area contributed by atoms with E-state index in [0.717, 1.165) is 47.8 Å². The van der Waals surface area contributed by atoms with Crippen molar-refractivity contribution >= 4 is 55.6 Å². The summed E-state index contributed by atoms with van der Waals surface area (Å²) in [4.78, 5) is 16.6. The number of phenolic OH excluding ortho intramolecular Hbond substituents is 1. The van der Waals surface area contributed by atoms with Gasteiger partial charge in [0.25, 0.3) is 5.91 Å². The minimum absolute atomic E-state index is 0.0702. The van der Waals surface area contributed by atoms with E-state index < -0.39 is 0 Å². The van der Waals surface area contributed by atoms with Crippen LogP contribution >= 0.6 is 43.5 Å². The fraction of sp³-hybridized carbons (Fsp3) is 0.300. The summed E-state index contributed by atoms with van der Waals surface area (Å²) in [6, 6.07) is 11.3. The van der Waals surface area contributed by atoms with Gasteiger partial charge in [-0.15, -0.1) is 0 Å². The highest BCUT2D eigenvalue weighted by atomic mass is 79.9. The van der Waals surface area contributed by atoms with E-state index in [1.807, 2.05) is 24.3 Å². The van der Waals surface area contributed by atoms with Crippen molar-refractivity contribution in [3.8, 4) is 5.75 Å². The molecule has 2 aromatic rings. The van der Waals surface area contributed by atoms with E-state index in [-0.39, 0.29) is 18.2 Å². The third kappa shape index (κ3) is 6.52. The summed E-state index contributed by atoms with van der Waals surface area (Å²) in [7, 11) is 0. The van der Waals surface area contributed by atoms with Crippen molar-refractivity contribution in [2.24, 2.45) is 5.10 Å². The minimum Gasteiger partial charge on any atom is -0.506 e. The van der Waals surface area contributed by atoms with Crippen molar-refractivity contribution in [2.45, 2.75) is 6.54 Å². The van der Waals surface area contributed by atoms with E-state index in [1.54, 1.807) is 12.1 Å². The molecule has 0 spiro atoms. The van der Waals surface area contributed by atoms with Crippen LogP contribution in [0.1, 0.15) is 11.1 Å². The molecule has 1 amide bonds. The standard InChI is InChI=1S/C20H21Br2ClN4O2/c21-16-9-15(20(29)17(22)10-16)11-24-25-19(28)13-27-7-5-26(6-8-27)12-14-3-1-2-4-18(14)23/h1-4,9-11,29H,5-8,12-13H2,(H,25,28). The van der Waals surface area contributed by atoms with E-state index in [9.17, 15) is 9.90 Å². The number of rotatable bonds is 6. The van der Waals surface area contributed by atoms with Gasteiger partial charge in [-0.25, -0.2) is 5.43 Å². The van der Waals surface area contributed by atoms with Gasteiger partial charge in [-0.2, -0.15) is 5.10 Å². The molecule has 1 aliphatic rings. The summed E-state index contributed by atoms with van der Waals surface area (Å²) in [5.74, 6) is -0.116. The number of benzene rings is 2. The van der Waals surface area contributed by atoms with E-state index in [0.29, 0.717) is 10.0 Å². The van der Waals surface area contributed by atoms with E-state index in [2.05, 4.69) is 52.2 Å². The number of hydrogen-bond acceptors (Lipinski definition) is 5. The molecule has 2 N–H and O–H groups in total. The van der Waals surface area contributed by atoms with Gasteiger partial charge < -0.3 is 5.11 Å². The first-order chi connectivity index (χ1) is 13.9. The number of carbonyl (C=O) groups excluding carboxylic acids is 1. The minimum atomic E-state index is -0.186. The van der Waals surface area contributed by atoms with Gasteiger partial charge >= 0.3 is 0 Å². The van der Waals surface area contributed by atoms with Gasteiger partial charge in [0.1, 0.15) is 5.75 Å². The van der Waals surface area contributed by atoms with Gasteiger partial charge in [-0.05, 0) is 39.7 Å². The zero-order valence-corrected chi connectivity index (χ0v) is 19.5. The lowest BCUT2D eigenvalue weighted by atomic mass is 10.2. The highest BCUT2D eigenvalue weighted by Crippen LogP contribution is 2.30. The molecule has 3 rings (SSSR count). The molecule has 0 aliphatic carbocycles. The highest BCUT2D eigenvalue weighted by Gasteiger charge is 2.19. The molecule has 6 nitrogen and oxygen atoms in total. The van der Waals surface area contributed by atoms with Crippen molar-refractivity contribution in [2.75, 3.05) is 32.7 Å². The fourth-order valence-electron chi connectivity index (χ4n) is 3.07. The van der Waals surface area contributed by atoms with Gasteiger partial charge in [0.2, 0.25) is 0 Å². The van der Waals surface area contributed by atoms with Crippen LogP contribution in [0.15, 0.2) is 50.4 Å². The first kappa shape index (κ1) is 22.2. The average molecular weight is 545 g/mol. The number of amides is 1. The van der Waals surface area contributed by atoms with Crippen LogP contribution in [0.3, 0.4) is 0 Å². The predicted octanol–water partition coefficient (Wildman–Crippen LogP) is 3.84. The van der Waals surface area contributed by atoms with E-state index in [1.165, 1.54) is 6.21 Å². The van der Waals surface area contributed by atoms with Crippen LogP contribution in [0, 0.1) is 0 Å². The molecule has 0 aromatic heterocycles. The summed E-state index contributed by atoms with van der Waals surface area (Å²) >= 11 is 12.9. The Labute approximate surface area is 191 Å². The van der Waals surface area contributed by atoms with Gasteiger partial charge in [0, 0.05) is 47.8 Å². The lowest BCUT2D eigenvalue weighted by Gasteiger charge is -2.34. The number of hydrazone groups is 1.